The highest BCUT2D eigenvalue weighted by Gasteiger charge is 2.25. The first kappa shape index (κ1) is 17.6. The first-order valence-electron chi connectivity index (χ1n) is 6.87. The Morgan fingerprint density at radius 1 is 1.27 bits per heavy atom. The molecule has 0 spiro atoms. The summed E-state index contributed by atoms with van der Waals surface area (Å²) in [6.07, 6.45) is 0.0289. The molecule has 1 aromatic carbocycles. The lowest BCUT2D eigenvalue weighted by molar-refractivity contribution is -0.147. The summed E-state index contributed by atoms with van der Waals surface area (Å²) in [5.41, 5.74) is 5.43. The van der Waals surface area contributed by atoms with E-state index in [9.17, 15) is 18.8 Å². The van der Waals surface area contributed by atoms with Crippen molar-refractivity contribution in [1.29, 1.82) is 0 Å². The lowest BCUT2D eigenvalue weighted by Gasteiger charge is -2.18. The SMILES string of the molecule is CCOC(=O)[C@H](C)C[C@@H](NC(=O)c1ccc(F)cc1)C(N)=O. The van der Waals surface area contributed by atoms with Crippen molar-refractivity contribution in [1.82, 2.24) is 5.32 Å². The summed E-state index contributed by atoms with van der Waals surface area (Å²) >= 11 is 0. The first-order valence-corrected chi connectivity index (χ1v) is 6.87. The normalized spacial score (nSPS) is 13.0. The van der Waals surface area contributed by atoms with Crippen molar-refractivity contribution in [2.24, 2.45) is 11.7 Å². The van der Waals surface area contributed by atoms with Crippen LogP contribution in [0.3, 0.4) is 0 Å². The number of hydrogen-bond donors (Lipinski definition) is 2. The molecule has 1 rings (SSSR count). The van der Waals surface area contributed by atoms with Crippen molar-refractivity contribution < 1.29 is 23.5 Å². The van der Waals surface area contributed by atoms with Crippen LogP contribution in [0.1, 0.15) is 30.6 Å². The minimum absolute atomic E-state index is 0.0289. The van der Waals surface area contributed by atoms with Crippen LogP contribution >= 0.6 is 0 Å². The molecule has 0 aliphatic carbocycles. The highest BCUT2D eigenvalue weighted by atomic mass is 19.1. The van der Waals surface area contributed by atoms with Crippen LogP contribution in [0.4, 0.5) is 4.39 Å². The Labute approximate surface area is 127 Å². The molecule has 0 radical (unpaired) electrons. The average Bonchev–Trinajstić information content (AvgIpc) is 2.47. The third-order valence-corrected chi connectivity index (χ3v) is 3.03. The summed E-state index contributed by atoms with van der Waals surface area (Å²) in [4.78, 5) is 35.0. The van der Waals surface area contributed by atoms with E-state index in [1.165, 1.54) is 12.1 Å². The van der Waals surface area contributed by atoms with Crippen LogP contribution in [-0.2, 0) is 14.3 Å². The van der Waals surface area contributed by atoms with Gasteiger partial charge >= 0.3 is 5.97 Å². The fourth-order valence-corrected chi connectivity index (χ4v) is 1.82. The smallest absolute Gasteiger partial charge is 0.308 e. The fourth-order valence-electron chi connectivity index (χ4n) is 1.82. The second-order valence-electron chi connectivity index (χ2n) is 4.82. The second kappa shape index (κ2) is 8.11. The maximum absolute atomic E-state index is 12.8. The maximum Gasteiger partial charge on any atom is 0.308 e. The Kier molecular flexibility index (Phi) is 6.49. The minimum Gasteiger partial charge on any atom is -0.466 e. The molecule has 2 atom stereocenters. The molecule has 2 amide bonds. The molecule has 0 heterocycles. The van der Waals surface area contributed by atoms with Crippen LogP contribution in [0.15, 0.2) is 24.3 Å². The number of rotatable bonds is 7. The number of carbonyl (C=O) groups is 3. The summed E-state index contributed by atoms with van der Waals surface area (Å²) in [6, 6.07) is 3.83. The van der Waals surface area contributed by atoms with Gasteiger partial charge in [-0.1, -0.05) is 6.92 Å². The summed E-state index contributed by atoms with van der Waals surface area (Å²) < 4.78 is 17.7. The topological polar surface area (TPSA) is 98.5 Å². The van der Waals surface area contributed by atoms with Crippen LogP contribution < -0.4 is 11.1 Å². The Balaban J connectivity index is 2.71. The predicted octanol–water partition coefficient (Wildman–Crippen LogP) is 0.999. The highest BCUT2D eigenvalue weighted by Crippen LogP contribution is 2.10. The Bertz CT molecular complexity index is 545. The molecule has 0 fully saturated rings. The molecule has 0 unspecified atom stereocenters. The van der Waals surface area contributed by atoms with Crippen LogP contribution in [0.25, 0.3) is 0 Å². The zero-order valence-corrected chi connectivity index (χ0v) is 12.5. The van der Waals surface area contributed by atoms with Crippen LogP contribution in [0.2, 0.25) is 0 Å². The van der Waals surface area contributed by atoms with Gasteiger partial charge < -0.3 is 15.8 Å². The number of amides is 2. The van der Waals surface area contributed by atoms with Crippen LogP contribution in [0, 0.1) is 11.7 Å². The molecule has 1 aromatic rings. The predicted molar refractivity (Wildman–Crippen MR) is 77.3 cm³/mol. The minimum atomic E-state index is -1.02. The monoisotopic (exact) mass is 310 g/mol. The largest absolute Gasteiger partial charge is 0.466 e. The number of nitrogens with two attached hydrogens (primary N) is 1. The molecule has 0 aliphatic heterocycles. The van der Waals surface area contributed by atoms with E-state index in [1.807, 2.05) is 0 Å². The molecule has 0 saturated carbocycles. The van der Waals surface area contributed by atoms with Gasteiger partial charge in [0.2, 0.25) is 5.91 Å². The van der Waals surface area contributed by atoms with E-state index >= 15 is 0 Å². The van der Waals surface area contributed by atoms with E-state index in [1.54, 1.807) is 13.8 Å². The van der Waals surface area contributed by atoms with Gasteiger partial charge in [-0.25, -0.2) is 4.39 Å². The third kappa shape index (κ3) is 5.16. The van der Waals surface area contributed by atoms with Crippen molar-refractivity contribution >= 4 is 17.8 Å². The number of carbonyl (C=O) groups excluding carboxylic acids is 3. The second-order valence-corrected chi connectivity index (χ2v) is 4.82. The zero-order valence-electron chi connectivity index (χ0n) is 12.5. The number of hydrogen-bond acceptors (Lipinski definition) is 4. The van der Waals surface area contributed by atoms with Crippen LogP contribution in [0.5, 0.6) is 0 Å². The van der Waals surface area contributed by atoms with E-state index < -0.39 is 35.6 Å². The summed E-state index contributed by atoms with van der Waals surface area (Å²) in [7, 11) is 0. The number of esters is 1. The fraction of sp³-hybridized carbons (Fsp3) is 0.400. The lowest BCUT2D eigenvalue weighted by atomic mass is 10.0. The lowest BCUT2D eigenvalue weighted by Crippen LogP contribution is -2.46. The van der Waals surface area contributed by atoms with Gasteiger partial charge in [-0.05, 0) is 37.6 Å². The van der Waals surface area contributed by atoms with E-state index in [0.29, 0.717) is 0 Å². The summed E-state index contributed by atoms with van der Waals surface area (Å²) in [6.45, 7) is 3.48. The molecule has 22 heavy (non-hydrogen) atoms. The maximum atomic E-state index is 12.8. The number of halogens is 1. The quantitative estimate of drug-likeness (QED) is 0.734. The number of ether oxygens (including phenoxy) is 1. The molecular formula is C15H19FN2O4. The van der Waals surface area contributed by atoms with Gasteiger partial charge in [-0.15, -0.1) is 0 Å². The van der Waals surface area contributed by atoms with Gasteiger partial charge in [-0.3, -0.25) is 14.4 Å². The van der Waals surface area contributed by atoms with Gasteiger partial charge in [0.25, 0.3) is 5.91 Å². The molecule has 6 nitrogen and oxygen atoms in total. The van der Waals surface area contributed by atoms with Gasteiger partial charge in [0.05, 0.1) is 12.5 Å². The summed E-state index contributed by atoms with van der Waals surface area (Å²) in [5.74, 6) is -2.86. The zero-order chi connectivity index (χ0) is 16.7. The molecule has 120 valence electrons. The summed E-state index contributed by atoms with van der Waals surface area (Å²) in [5, 5.41) is 2.44. The Hall–Kier alpha value is -2.44. The molecule has 7 heteroatoms. The molecule has 0 saturated heterocycles. The van der Waals surface area contributed by atoms with Gasteiger partial charge in [0, 0.05) is 5.56 Å². The molecular weight excluding hydrogens is 291 g/mol. The average molecular weight is 310 g/mol. The van der Waals surface area contributed by atoms with E-state index in [-0.39, 0.29) is 18.6 Å². The van der Waals surface area contributed by atoms with E-state index in [2.05, 4.69) is 5.32 Å². The van der Waals surface area contributed by atoms with Crippen LogP contribution in [-0.4, -0.2) is 30.4 Å². The van der Waals surface area contributed by atoms with E-state index in [0.717, 1.165) is 12.1 Å². The number of primary amides is 1. The Morgan fingerprint density at radius 2 is 1.86 bits per heavy atom. The first-order chi connectivity index (χ1) is 10.3. The number of nitrogens with one attached hydrogen (secondary N) is 1. The molecule has 0 aliphatic rings. The molecule has 0 aromatic heterocycles. The third-order valence-electron chi connectivity index (χ3n) is 3.03. The van der Waals surface area contributed by atoms with Gasteiger partial charge in [0.1, 0.15) is 11.9 Å². The molecule has 0 bridgehead atoms. The number of benzene rings is 1. The standard InChI is InChI=1S/C15H19FN2O4/c1-3-22-15(21)9(2)8-12(13(17)19)18-14(20)10-4-6-11(16)7-5-10/h4-7,9,12H,3,8H2,1-2H3,(H2,17,19)(H,18,20)/t9-,12-/m1/s1. The Morgan fingerprint density at radius 3 is 2.36 bits per heavy atom. The van der Waals surface area contributed by atoms with Crippen molar-refractivity contribution in [3.05, 3.63) is 35.6 Å². The van der Waals surface area contributed by atoms with Crippen molar-refractivity contribution in [2.75, 3.05) is 6.61 Å². The molecule has 3 N–H and O–H groups in total. The highest BCUT2D eigenvalue weighted by molar-refractivity contribution is 5.97. The van der Waals surface area contributed by atoms with Gasteiger partial charge in [0.15, 0.2) is 0 Å². The van der Waals surface area contributed by atoms with Crippen molar-refractivity contribution in [2.45, 2.75) is 26.3 Å². The van der Waals surface area contributed by atoms with Gasteiger partial charge in [-0.2, -0.15) is 0 Å². The van der Waals surface area contributed by atoms with E-state index in [4.69, 9.17) is 10.5 Å². The van der Waals surface area contributed by atoms with Crippen molar-refractivity contribution in [3.63, 3.8) is 0 Å². The van der Waals surface area contributed by atoms with Crippen molar-refractivity contribution in [3.8, 4) is 0 Å².